The Labute approximate surface area is 153 Å². The number of hydrogen-bond acceptors (Lipinski definition) is 5. The second-order valence-electron chi connectivity index (χ2n) is 6.43. The van der Waals surface area contributed by atoms with Gasteiger partial charge in [0.05, 0.1) is 12.7 Å². The number of halogens is 3. The largest absolute Gasteiger partial charge is 0.467 e. The van der Waals surface area contributed by atoms with Crippen molar-refractivity contribution in [3.8, 4) is 0 Å². The highest BCUT2D eigenvalue weighted by molar-refractivity contribution is 5.88. The van der Waals surface area contributed by atoms with E-state index in [1.54, 1.807) is 0 Å². The van der Waals surface area contributed by atoms with Gasteiger partial charge < -0.3 is 15.2 Å². The molecule has 2 N–H and O–H groups in total. The number of hydrogen-bond donors (Lipinski definition) is 2. The summed E-state index contributed by atoms with van der Waals surface area (Å²) in [6.45, 7) is 0. The number of aliphatic hydroxyl groups excluding tert-OH is 1. The summed E-state index contributed by atoms with van der Waals surface area (Å²) in [5, 5.41) is 12.5. The molecule has 0 aromatic heterocycles. The second-order valence-corrected chi connectivity index (χ2v) is 6.43. The van der Waals surface area contributed by atoms with E-state index in [0.29, 0.717) is 19.3 Å². The number of Topliss-reactive ketones (excluding diaryl/α,β-unsaturated/α-hetero) is 1. The van der Waals surface area contributed by atoms with Crippen LogP contribution in [0.25, 0.3) is 0 Å². The van der Waals surface area contributed by atoms with E-state index < -0.39 is 41.7 Å². The highest BCUT2D eigenvalue weighted by Gasteiger charge is 2.36. The Kier molecular flexibility index (Phi) is 6.59. The molecule has 1 aromatic rings. The number of ether oxygens (including phenoxy) is 1. The Morgan fingerprint density at radius 1 is 1.26 bits per heavy atom. The minimum absolute atomic E-state index is 0.0299. The van der Waals surface area contributed by atoms with Crippen LogP contribution < -0.4 is 5.32 Å². The molecule has 27 heavy (non-hydrogen) atoms. The minimum Gasteiger partial charge on any atom is -0.467 e. The van der Waals surface area contributed by atoms with Crippen LogP contribution in [0.4, 0.5) is 13.2 Å². The van der Waals surface area contributed by atoms with Crippen LogP contribution in [0.5, 0.6) is 0 Å². The number of esters is 1. The van der Waals surface area contributed by atoms with E-state index in [2.05, 4.69) is 10.1 Å². The maximum Gasteiger partial charge on any atom is 0.416 e. The van der Waals surface area contributed by atoms with Crippen molar-refractivity contribution in [2.75, 3.05) is 7.11 Å². The van der Waals surface area contributed by atoms with Gasteiger partial charge >= 0.3 is 12.1 Å². The zero-order valence-electron chi connectivity index (χ0n) is 14.6. The number of alkyl halides is 3. The van der Waals surface area contributed by atoms with Crippen LogP contribution >= 0.6 is 0 Å². The Morgan fingerprint density at radius 2 is 1.89 bits per heavy atom. The number of methoxy groups -OCH3 is 1. The lowest BCUT2D eigenvalue weighted by atomic mass is 9.83. The van der Waals surface area contributed by atoms with E-state index in [1.165, 1.54) is 0 Å². The Bertz CT molecular complexity index is 702. The van der Waals surface area contributed by atoms with E-state index in [4.69, 9.17) is 0 Å². The summed E-state index contributed by atoms with van der Waals surface area (Å²) in [7, 11) is 1.14. The van der Waals surface area contributed by atoms with Crippen molar-refractivity contribution in [1.29, 1.82) is 0 Å². The average Bonchev–Trinajstić information content (AvgIpc) is 2.64. The molecule has 0 radical (unpaired) electrons. The van der Waals surface area contributed by atoms with E-state index in [1.807, 2.05) is 0 Å². The Balaban J connectivity index is 2.11. The summed E-state index contributed by atoms with van der Waals surface area (Å²) in [5.41, 5.74) is -0.962. The standard InChI is InChI=1S/C18H20F3NO5/c1-27-17(26)14(11-3-2-4-13(23)9-11)22-16(25)15(24)10-5-7-12(8-6-10)18(19,20)21/h5-8,11,14-15,24H,2-4,9H2,1H3,(H,22,25)/t11-,14-,15-/m1/s1. The van der Waals surface area contributed by atoms with Gasteiger partial charge in [-0.05, 0) is 36.5 Å². The molecular weight excluding hydrogens is 367 g/mol. The zero-order valence-corrected chi connectivity index (χ0v) is 14.6. The summed E-state index contributed by atoms with van der Waals surface area (Å²) < 4.78 is 42.5. The predicted octanol–water partition coefficient (Wildman–Crippen LogP) is 2.16. The summed E-state index contributed by atoms with van der Waals surface area (Å²) in [6, 6.07) is 2.37. The van der Waals surface area contributed by atoms with Crippen molar-refractivity contribution >= 4 is 17.7 Å². The number of aliphatic hydroxyl groups is 1. The molecular formula is C18H20F3NO5. The smallest absolute Gasteiger partial charge is 0.416 e. The lowest BCUT2D eigenvalue weighted by Crippen LogP contribution is -2.49. The summed E-state index contributed by atoms with van der Waals surface area (Å²) in [4.78, 5) is 36.0. The summed E-state index contributed by atoms with van der Waals surface area (Å²) >= 11 is 0. The topological polar surface area (TPSA) is 92.7 Å². The van der Waals surface area contributed by atoms with Crippen molar-refractivity contribution < 1.29 is 37.4 Å². The number of benzene rings is 1. The minimum atomic E-state index is -4.53. The van der Waals surface area contributed by atoms with Crippen LogP contribution in [0, 0.1) is 5.92 Å². The van der Waals surface area contributed by atoms with Gasteiger partial charge in [0.25, 0.3) is 5.91 Å². The highest BCUT2D eigenvalue weighted by atomic mass is 19.4. The van der Waals surface area contributed by atoms with Crippen molar-refractivity contribution in [3.63, 3.8) is 0 Å². The molecule has 1 fully saturated rings. The first-order valence-electron chi connectivity index (χ1n) is 8.38. The van der Waals surface area contributed by atoms with E-state index in [9.17, 15) is 32.7 Å². The molecule has 1 aliphatic rings. The number of carbonyl (C=O) groups excluding carboxylic acids is 3. The first-order chi connectivity index (χ1) is 12.6. The van der Waals surface area contributed by atoms with Crippen LogP contribution in [-0.2, 0) is 25.3 Å². The maximum atomic E-state index is 12.6. The van der Waals surface area contributed by atoms with Crippen molar-refractivity contribution in [1.82, 2.24) is 5.32 Å². The molecule has 1 saturated carbocycles. The van der Waals surface area contributed by atoms with Gasteiger partial charge in [0.15, 0.2) is 6.10 Å². The molecule has 3 atom stereocenters. The highest BCUT2D eigenvalue weighted by Crippen LogP contribution is 2.30. The Morgan fingerprint density at radius 3 is 2.41 bits per heavy atom. The first kappa shape index (κ1) is 20.9. The number of carbonyl (C=O) groups is 3. The SMILES string of the molecule is COC(=O)[C@H](NC(=O)[C@H](O)c1ccc(C(F)(F)F)cc1)[C@@H]1CCCC(=O)C1. The van der Waals surface area contributed by atoms with Gasteiger partial charge in [-0.15, -0.1) is 0 Å². The lowest BCUT2D eigenvalue weighted by molar-refractivity contribution is -0.149. The molecule has 0 aliphatic heterocycles. The van der Waals surface area contributed by atoms with Gasteiger partial charge in [0.2, 0.25) is 0 Å². The molecule has 0 bridgehead atoms. The van der Waals surface area contributed by atoms with Gasteiger partial charge in [0, 0.05) is 12.8 Å². The third-order valence-corrected chi connectivity index (χ3v) is 4.55. The van der Waals surface area contributed by atoms with Crippen LogP contribution in [0.3, 0.4) is 0 Å². The monoisotopic (exact) mass is 387 g/mol. The van der Waals surface area contributed by atoms with Gasteiger partial charge in [-0.3, -0.25) is 9.59 Å². The zero-order chi connectivity index (χ0) is 20.2. The number of amides is 1. The number of rotatable bonds is 5. The molecule has 0 saturated heterocycles. The van der Waals surface area contributed by atoms with Crippen LogP contribution in [0.1, 0.15) is 42.9 Å². The third-order valence-electron chi connectivity index (χ3n) is 4.55. The summed E-state index contributed by atoms with van der Waals surface area (Å²) in [6.07, 6.45) is -4.67. The van der Waals surface area contributed by atoms with Crippen LogP contribution in [0.2, 0.25) is 0 Å². The quantitative estimate of drug-likeness (QED) is 0.756. The fourth-order valence-electron chi connectivity index (χ4n) is 3.08. The first-order valence-corrected chi connectivity index (χ1v) is 8.38. The number of ketones is 1. The molecule has 9 heteroatoms. The summed E-state index contributed by atoms with van der Waals surface area (Å²) in [5.74, 6) is -2.19. The van der Waals surface area contributed by atoms with E-state index in [0.717, 1.165) is 31.4 Å². The molecule has 1 aliphatic carbocycles. The fraction of sp³-hybridized carbons (Fsp3) is 0.500. The van der Waals surface area contributed by atoms with Gasteiger partial charge in [-0.1, -0.05) is 12.1 Å². The molecule has 1 amide bonds. The molecule has 148 valence electrons. The Hall–Kier alpha value is -2.42. The normalized spacial score (nSPS) is 19.9. The van der Waals surface area contributed by atoms with Gasteiger partial charge in [-0.2, -0.15) is 13.2 Å². The lowest BCUT2D eigenvalue weighted by Gasteiger charge is -2.29. The molecule has 0 spiro atoms. The fourth-order valence-corrected chi connectivity index (χ4v) is 3.08. The molecule has 0 heterocycles. The molecule has 6 nitrogen and oxygen atoms in total. The van der Waals surface area contributed by atoms with Crippen molar-refractivity contribution in [2.24, 2.45) is 5.92 Å². The van der Waals surface area contributed by atoms with Crippen LogP contribution in [-0.4, -0.2) is 35.9 Å². The molecule has 0 unspecified atom stereocenters. The average molecular weight is 387 g/mol. The number of nitrogens with one attached hydrogen (secondary N) is 1. The van der Waals surface area contributed by atoms with Crippen molar-refractivity contribution in [3.05, 3.63) is 35.4 Å². The maximum absolute atomic E-state index is 12.6. The van der Waals surface area contributed by atoms with E-state index in [-0.39, 0.29) is 17.8 Å². The van der Waals surface area contributed by atoms with Gasteiger partial charge in [0.1, 0.15) is 11.8 Å². The second kappa shape index (κ2) is 8.51. The predicted molar refractivity (Wildman–Crippen MR) is 87.3 cm³/mol. The third kappa shape index (κ3) is 5.29. The van der Waals surface area contributed by atoms with E-state index >= 15 is 0 Å². The molecule has 1 aromatic carbocycles. The van der Waals surface area contributed by atoms with Crippen molar-refractivity contribution in [2.45, 2.75) is 44.0 Å². The van der Waals surface area contributed by atoms with Crippen LogP contribution in [0.15, 0.2) is 24.3 Å². The van der Waals surface area contributed by atoms with Gasteiger partial charge in [-0.25, -0.2) is 4.79 Å². The molecule has 2 rings (SSSR count).